The number of hydrogen-bond acceptors (Lipinski definition) is 3. The number of nitrogens with zero attached hydrogens (tertiary/aromatic N) is 2. The number of allylic oxidation sites excluding steroid dienone is 2. The molecular formula is C27H50N3O2+. The molecule has 0 radical (unpaired) electrons. The zero-order valence-corrected chi connectivity index (χ0v) is 20.8. The molecule has 0 spiro atoms. The molecule has 0 aromatic heterocycles. The number of amidine groups is 1. The fourth-order valence-electron chi connectivity index (χ4n) is 4.52. The van der Waals surface area contributed by atoms with Crippen LogP contribution in [0.3, 0.4) is 0 Å². The number of hydrogen-bond donors (Lipinski definition) is 2. The summed E-state index contributed by atoms with van der Waals surface area (Å²) in [5.41, 5.74) is 5.73. The van der Waals surface area contributed by atoms with Crippen LogP contribution in [0.25, 0.3) is 0 Å². The second-order valence-electron chi connectivity index (χ2n) is 9.34. The summed E-state index contributed by atoms with van der Waals surface area (Å²) in [6.07, 6.45) is 30.3. The Morgan fingerprint density at radius 3 is 1.97 bits per heavy atom. The van der Waals surface area contributed by atoms with E-state index in [9.17, 15) is 9.90 Å². The van der Waals surface area contributed by atoms with Crippen LogP contribution in [-0.2, 0) is 4.79 Å². The molecule has 0 saturated carbocycles. The highest BCUT2D eigenvalue weighted by molar-refractivity contribution is 5.81. The van der Waals surface area contributed by atoms with Crippen LogP contribution in [0.5, 0.6) is 0 Å². The van der Waals surface area contributed by atoms with E-state index >= 15 is 0 Å². The number of carboxylic acids is 1. The quantitative estimate of drug-likeness (QED) is 0.107. The molecule has 5 heteroatoms. The molecular weight excluding hydrogens is 398 g/mol. The molecule has 0 saturated heterocycles. The van der Waals surface area contributed by atoms with E-state index < -0.39 is 5.97 Å². The van der Waals surface area contributed by atoms with Crippen molar-refractivity contribution in [1.29, 1.82) is 0 Å². The van der Waals surface area contributed by atoms with Gasteiger partial charge in [0.25, 0.3) is 0 Å². The van der Waals surface area contributed by atoms with Gasteiger partial charge in [-0.25, -0.2) is 14.3 Å². The number of quaternary nitrogens is 1. The normalized spacial score (nSPS) is 18.0. The molecule has 32 heavy (non-hydrogen) atoms. The average Bonchev–Trinajstić information content (AvgIpc) is 3.14. The maximum Gasteiger partial charge on any atom is 0.360 e. The molecule has 0 bridgehead atoms. The van der Waals surface area contributed by atoms with Gasteiger partial charge in [-0.05, 0) is 32.1 Å². The maximum atomic E-state index is 11.3. The SMILES string of the molecule is CCCCCCCC/C=C/CCCCCCCCCCC1=NC=C[N+]1(CCN)CC(=O)O. The minimum Gasteiger partial charge on any atom is -0.477 e. The fourth-order valence-corrected chi connectivity index (χ4v) is 4.52. The molecule has 1 heterocycles. The molecule has 0 amide bonds. The van der Waals surface area contributed by atoms with Crippen LogP contribution < -0.4 is 5.73 Å². The molecule has 0 aromatic carbocycles. The summed E-state index contributed by atoms with van der Waals surface area (Å²) < 4.78 is 0.305. The average molecular weight is 449 g/mol. The van der Waals surface area contributed by atoms with Crippen molar-refractivity contribution < 1.29 is 14.4 Å². The van der Waals surface area contributed by atoms with Crippen LogP contribution in [0.1, 0.15) is 116 Å². The van der Waals surface area contributed by atoms with E-state index in [1.165, 1.54) is 96.3 Å². The van der Waals surface area contributed by atoms with Crippen LogP contribution in [-0.4, -0.2) is 41.0 Å². The Labute approximate surface area is 197 Å². The fraction of sp³-hybridized carbons (Fsp3) is 0.778. The first-order chi connectivity index (χ1) is 15.6. The van der Waals surface area contributed by atoms with Crippen molar-refractivity contribution in [2.75, 3.05) is 19.6 Å². The molecule has 1 atom stereocenters. The molecule has 0 aliphatic carbocycles. The van der Waals surface area contributed by atoms with E-state index in [1.54, 1.807) is 6.20 Å². The lowest BCUT2D eigenvalue weighted by Gasteiger charge is -2.30. The third-order valence-electron chi connectivity index (χ3n) is 6.45. The van der Waals surface area contributed by atoms with Gasteiger partial charge in [-0.15, -0.1) is 0 Å². The Kier molecular flexibility index (Phi) is 17.0. The summed E-state index contributed by atoms with van der Waals surface area (Å²) in [6.45, 7) is 3.39. The van der Waals surface area contributed by atoms with Crippen LogP contribution >= 0.6 is 0 Å². The Morgan fingerprint density at radius 2 is 1.44 bits per heavy atom. The summed E-state index contributed by atoms with van der Waals surface area (Å²) in [5.74, 6) is 0.161. The van der Waals surface area contributed by atoms with Gasteiger partial charge in [0.1, 0.15) is 12.7 Å². The predicted molar refractivity (Wildman–Crippen MR) is 137 cm³/mol. The third kappa shape index (κ3) is 13.2. The minimum atomic E-state index is -0.800. The number of carbonyl (C=O) groups is 1. The standard InChI is InChI=1S/C27H49N3O2/c1-2-3-4-5-6-7-8-9-10-11-12-13-14-15-16-17-18-19-20-26-29-22-24-30(26,23-21-28)25-27(31)32/h9-10,22,24H,2-8,11-21,23,25,28H2,1H3/p+1/b10-9+. The number of aliphatic imine (C=N–C) groups is 1. The van der Waals surface area contributed by atoms with E-state index in [0.717, 1.165) is 18.7 Å². The maximum absolute atomic E-state index is 11.3. The van der Waals surface area contributed by atoms with Crippen LogP contribution in [0.2, 0.25) is 0 Å². The molecule has 1 aliphatic rings. The van der Waals surface area contributed by atoms with E-state index in [0.29, 0.717) is 17.6 Å². The molecule has 0 fully saturated rings. The lowest BCUT2D eigenvalue weighted by molar-refractivity contribution is -0.778. The predicted octanol–water partition coefficient (Wildman–Crippen LogP) is 6.94. The first-order valence-electron chi connectivity index (χ1n) is 13.3. The van der Waals surface area contributed by atoms with Gasteiger partial charge in [0, 0.05) is 13.0 Å². The number of carboxylic acid groups (broad SMARTS) is 1. The lowest BCUT2D eigenvalue weighted by Crippen LogP contribution is -2.52. The molecule has 1 rings (SSSR count). The lowest BCUT2D eigenvalue weighted by atomic mass is 10.1. The Bertz CT molecular complexity index is 571. The largest absolute Gasteiger partial charge is 0.477 e. The van der Waals surface area contributed by atoms with Gasteiger partial charge in [-0.2, -0.15) is 0 Å². The number of unbranched alkanes of at least 4 members (excludes halogenated alkanes) is 14. The first kappa shape index (κ1) is 28.6. The van der Waals surface area contributed by atoms with Crippen LogP contribution in [0, 0.1) is 0 Å². The Balaban J connectivity index is 1.95. The van der Waals surface area contributed by atoms with Gasteiger partial charge in [-0.3, -0.25) is 0 Å². The number of nitrogens with two attached hydrogens (primary N) is 1. The van der Waals surface area contributed by atoms with E-state index in [-0.39, 0.29) is 6.54 Å². The van der Waals surface area contributed by atoms with Gasteiger partial charge in [0.15, 0.2) is 6.54 Å². The van der Waals surface area contributed by atoms with Crippen molar-refractivity contribution in [1.82, 2.24) is 0 Å². The molecule has 0 aromatic rings. The Hall–Kier alpha value is -1.46. The van der Waals surface area contributed by atoms with Gasteiger partial charge in [-0.1, -0.05) is 89.7 Å². The monoisotopic (exact) mass is 448 g/mol. The van der Waals surface area contributed by atoms with Gasteiger partial charge >= 0.3 is 5.97 Å². The van der Waals surface area contributed by atoms with Crippen molar-refractivity contribution in [3.63, 3.8) is 0 Å². The summed E-state index contributed by atoms with van der Waals surface area (Å²) in [7, 11) is 0. The molecule has 1 unspecified atom stereocenters. The molecule has 3 N–H and O–H groups in total. The van der Waals surface area contributed by atoms with E-state index in [1.807, 2.05) is 6.20 Å². The second kappa shape index (κ2) is 19.0. The highest BCUT2D eigenvalue weighted by atomic mass is 16.4. The summed E-state index contributed by atoms with van der Waals surface area (Å²) in [6, 6.07) is 0. The first-order valence-corrected chi connectivity index (χ1v) is 13.3. The van der Waals surface area contributed by atoms with Crippen molar-refractivity contribution in [3.05, 3.63) is 24.6 Å². The van der Waals surface area contributed by atoms with E-state index in [4.69, 9.17) is 5.73 Å². The number of aliphatic carboxylic acids is 1. The smallest absolute Gasteiger partial charge is 0.360 e. The van der Waals surface area contributed by atoms with Crippen LogP contribution in [0.15, 0.2) is 29.5 Å². The van der Waals surface area contributed by atoms with Gasteiger partial charge in [0.2, 0.25) is 5.84 Å². The minimum absolute atomic E-state index is 0.0424. The highest BCUT2D eigenvalue weighted by Crippen LogP contribution is 2.21. The molecule has 1 aliphatic heterocycles. The van der Waals surface area contributed by atoms with Gasteiger partial charge in [0.05, 0.1) is 6.20 Å². The van der Waals surface area contributed by atoms with Crippen molar-refractivity contribution in [2.24, 2.45) is 10.7 Å². The third-order valence-corrected chi connectivity index (χ3v) is 6.45. The number of rotatable bonds is 22. The van der Waals surface area contributed by atoms with Crippen molar-refractivity contribution >= 4 is 11.8 Å². The summed E-state index contributed by atoms with van der Waals surface area (Å²) >= 11 is 0. The van der Waals surface area contributed by atoms with Crippen molar-refractivity contribution in [3.8, 4) is 0 Å². The molecule has 5 nitrogen and oxygen atoms in total. The van der Waals surface area contributed by atoms with Crippen LogP contribution in [0.4, 0.5) is 0 Å². The zero-order valence-electron chi connectivity index (χ0n) is 20.8. The summed E-state index contributed by atoms with van der Waals surface area (Å²) in [5, 5.41) is 9.26. The zero-order chi connectivity index (χ0) is 23.3. The molecule has 184 valence electrons. The van der Waals surface area contributed by atoms with E-state index in [2.05, 4.69) is 24.1 Å². The second-order valence-corrected chi connectivity index (χ2v) is 9.34. The van der Waals surface area contributed by atoms with Gasteiger partial charge < -0.3 is 10.8 Å². The van der Waals surface area contributed by atoms with Crippen molar-refractivity contribution in [2.45, 2.75) is 116 Å². The Morgan fingerprint density at radius 1 is 0.906 bits per heavy atom. The highest BCUT2D eigenvalue weighted by Gasteiger charge is 2.36. The summed E-state index contributed by atoms with van der Waals surface area (Å²) in [4.78, 5) is 15.7. The topological polar surface area (TPSA) is 75.7 Å².